The van der Waals surface area contributed by atoms with Crippen LogP contribution in [0.5, 0.6) is 0 Å². The molecule has 0 radical (unpaired) electrons. The van der Waals surface area contributed by atoms with E-state index in [1.807, 2.05) is 48.3 Å². The molecule has 5 nitrogen and oxygen atoms in total. The Balaban J connectivity index is 1.44. The van der Waals surface area contributed by atoms with Crippen LogP contribution in [0.2, 0.25) is 0 Å². The number of ketones is 1. The lowest BCUT2D eigenvalue weighted by atomic mass is 9.72. The van der Waals surface area contributed by atoms with Gasteiger partial charge in [0.1, 0.15) is 5.78 Å². The van der Waals surface area contributed by atoms with Gasteiger partial charge in [-0.2, -0.15) is 0 Å². The highest BCUT2D eigenvalue weighted by molar-refractivity contribution is 6.02. The molecule has 1 saturated carbocycles. The SMILES string of the molecule is COCCN1C(=O)c2ccccc2C(C(=O)CCC2(c3ccccc3)CCCC2)C1c1cn(C)c2ccccc12. The highest BCUT2D eigenvalue weighted by atomic mass is 16.5. The summed E-state index contributed by atoms with van der Waals surface area (Å²) < 4.78 is 7.55. The van der Waals surface area contributed by atoms with Gasteiger partial charge in [-0.15, -0.1) is 0 Å². The van der Waals surface area contributed by atoms with Crippen molar-refractivity contribution in [1.82, 2.24) is 9.47 Å². The Bertz CT molecular complexity index is 1520. The van der Waals surface area contributed by atoms with Gasteiger partial charge in [0.15, 0.2) is 0 Å². The third-order valence-electron chi connectivity index (χ3n) is 9.37. The molecule has 2 atom stereocenters. The number of aryl methyl sites for hydroxylation is 1. The number of para-hydroxylation sites is 1. The number of benzene rings is 3. The van der Waals surface area contributed by atoms with E-state index in [1.165, 1.54) is 18.4 Å². The summed E-state index contributed by atoms with van der Waals surface area (Å²) in [5.41, 5.74) is 5.00. The number of nitrogens with zero attached hydrogens (tertiary/aromatic N) is 2. The van der Waals surface area contributed by atoms with Crippen molar-refractivity contribution in [3.05, 3.63) is 107 Å². The maximum Gasteiger partial charge on any atom is 0.254 e. The maximum atomic E-state index is 14.6. The number of rotatable bonds is 9. The van der Waals surface area contributed by atoms with Gasteiger partial charge in [0.2, 0.25) is 0 Å². The van der Waals surface area contributed by atoms with Crippen molar-refractivity contribution in [3.63, 3.8) is 0 Å². The topological polar surface area (TPSA) is 51.5 Å². The lowest BCUT2D eigenvalue weighted by Gasteiger charge is -2.42. The summed E-state index contributed by atoms with van der Waals surface area (Å²) >= 11 is 0. The van der Waals surface area contributed by atoms with E-state index in [0.717, 1.165) is 41.3 Å². The van der Waals surface area contributed by atoms with Gasteiger partial charge >= 0.3 is 0 Å². The van der Waals surface area contributed by atoms with E-state index >= 15 is 0 Å². The van der Waals surface area contributed by atoms with E-state index in [9.17, 15) is 9.59 Å². The van der Waals surface area contributed by atoms with Crippen molar-refractivity contribution in [2.24, 2.45) is 7.05 Å². The van der Waals surface area contributed by atoms with Crippen LogP contribution < -0.4 is 0 Å². The van der Waals surface area contributed by atoms with E-state index in [-0.39, 0.29) is 17.1 Å². The third-order valence-corrected chi connectivity index (χ3v) is 9.37. The number of ether oxygens (including phenoxy) is 1. The predicted octanol–water partition coefficient (Wildman–Crippen LogP) is 6.97. The van der Waals surface area contributed by atoms with Crippen LogP contribution in [0.4, 0.5) is 0 Å². The molecule has 1 aromatic heterocycles. The number of Topliss-reactive ketones (excluding diaryl/α,β-unsaturated/α-hetero) is 1. The van der Waals surface area contributed by atoms with E-state index in [2.05, 4.69) is 53.2 Å². The highest BCUT2D eigenvalue weighted by Crippen LogP contribution is 2.48. The molecule has 5 heteroatoms. The van der Waals surface area contributed by atoms with Gasteiger partial charge < -0.3 is 14.2 Å². The summed E-state index contributed by atoms with van der Waals surface area (Å²) in [6.45, 7) is 0.836. The summed E-state index contributed by atoms with van der Waals surface area (Å²) in [6, 6.07) is 26.3. The van der Waals surface area contributed by atoms with Crippen LogP contribution in [-0.4, -0.2) is 41.4 Å². The predicted molar refractivity (Wildman–Crippen MR) is 159 cm³/mol. The minimum atomic E-state index is -0.439. The van der Waals surface area contributed by atoms with Crippen molar-refractivity contribution in [1.29, 1.82) is 0 Å². The second kappa shape index (κ2) is 11.1. The Hall–Kier alpha value is -3.70. The molecule has 206 valence electrons. The minimum absolute atomic E-state index is 0.0359. The number of amides is 1. The molecule has 40 heavy (non-hydrogen) atoms. The second-order valence-electron chi connectivity index (χ2n) is 11.5. The van der Waals surface area contributed by atoms with Gasteiger partial charge in [-0.25, -0.2) is 0 Å². The maximum absolute atomic E-state index is 14.6. The monoisotopic (exact) mass is 534 g/mol. The molecule has 3 aromatic carbocycles. The summed E-state index contributed by atoms with van der Waals surface area (Å²) in [6.07, 6.45) is 8.08. The molecular weight excluding hydrogens is 496 g/mol. The summed E-state index contributed by atoms with van der Waals surface area (Å²) in [5, 5.41) is 1.08. The normalized spacial score (nSPS) is 20.1. The fourth-order valence-electron chi connectivity index (χ4n) is 7.37. The first kappa shape index (κ1) is 26.5. The number of carbonyl (C=O) groups is 2. The first-order chi connectivity index (χ1) is 19.5. The van der Waals surface area contributed by atoms with Crippen LogP contribution in [0.1, 0.15) is 77.5 Å². The fourth-order valence-corrected chi connectivity index (χ4v) is 7.37. The zero-order valence-electron chi connectivity index (χ0n) is 23.5. The van der Waals surface area contributed by atoms with Crippen LogP contribution in [0.15, 0.2) is 85.1 Å². The molecule has 1 aliphatic carbocycles. The van der Waals surface area contributed by atoms with E-state index in [0.29, 0.717) is 25.1 Å². The molecule has 0 spiro atoms. The Morgan fingerprint density at radius 2 is 1.62 bits per heavy atom. The van der Waals surface area contributed by atoms with Crippen LogP contribution in [0.25, 0.3) is 10.9 Å². The van der Waals surface area contributed by atoms with Crippen molar-refractivity contribution >= 4 is 22.6 Å². The standard InChI is InChI=1S/C35H38N2O3/c1-36-24-29(26-14-8-9-17-30(26)36)33-32(27-15-6-7-16-28(27)34(39)37(33)22-23-40-2)31(38)18-21-35(19-10-11-20-35)25-12-4-3-5-13-25/h3-9,12-17,24,32-33H,10-11,18-23H2,1-2H3. The lowest BCUT2D eigenvalue weighted by molar-refractivity contribution is -0.122. The molecule has 2 unspecified atom stereocenters. The zero-order chi connectivity index (χ0) is 27.7. The number of hydrogen-bond donors (Lipinski definition) is 0. The van der Waals surface area contributed by atoms with Gasteiger partial charge in [0.25, 0.3) is 5.91 Å². The van der Waals surface area contributed by atoms with Crippen molar-refractivity contribution in [3.8, 4) is 0 Å². The lowest BCUT2D eigenvalue weighted by Crippen LogP contribution is -2.46. The molecule has 1 amide bonds. The van der Waals surface area contributed by atoms with Crippen LogP contribution in [-0.2, 0) is 22.0 Å². The molecule has 2 aliphatic rings. The first-order valence-corrected chi connectivity index (χ1v) is 14.5. The number of hydrogen-bond acceptors (Lipinski definition) is 3. The summed E-state index contributed by atoms with van der Waals surface area (Å²) in [4.78, 5) is 30.4. The number of aromatic nitrogens is 1. The van der Waals surface area contributed by atoms with Crippen molar-refractivity contribution in [2.75, 3.05) is 20.3 Å². The van der Waals surface area contributed by atoms with Gasteiger partial charge in [-0.1, -0.05) is 79.6 Å². The number of fused-ring (bicyclic) bond motifs is 2. The Morgan fingerprint density at radius 1 is 0.925 bits per heavy atom. The van der Waals surface area contributed by atoms with Gasteiger partial charge in [-0.05, 0) is 47.9 Å². The molecule has 1 aliphatic heterocycles. The van der Waals surface area contributed by atoms with Gasteiger partial charge in [0.05, 0.1) is 18.6 Å². The molecule has 0 saturated heterocycles. The molecule has 2 heterocycles. The quantitative estimate of drug-likeness (QED) is 0.233. The zero-order valence-corrected chi connectivity index (χ0v) is 23.5. The van der Waals surface area contributed by atoms with Crippen LogP contribution >= 0.6 is 0 Å². The first-order valence-electron chi connectivity index (χ1n) is 14.5. The van der Waals surface area contributed by atoms with E-state index < -0.39 is 12.0 Å². The molecule has 1 fully saturated rings. The summed E-state index contributed by atoms with van der Waals surface area (Å²) in [5.74, 6) is -0.264. The molecule has 4 aromatic rings. The average molecular weight is 535 g/mol. The highest BCUT2D eigenvalue weighted by Gasteiger charge is 2.45. The largest absolute Gasteiger partial charge is 0.383 e. The van der Waals surface area contributed by atoms with Crippen LogP contribution in [0, 0.1) is 0 Å². The van der Waals surface area contributed by atoms with Crippen molar-refractivity contribution < 1.29 is 14.3 Å². The Morgan fingerprint density at radius 3 is 2.40 bits per heavy atom. The van der Waals surface area contributed by atoms with Gasteiger partial charge in [-0.3, -0.25) is 9.59 Å². The fraction of sp³-hybridized carbons (Fsp3) is 0.371. The Labute approximate surface area is 236 Å². The minimum Gasteiger partial charge on any atom is -0.383 e. The number of methoxy groups -OCH3 is 1. The van der Waals surface area contributed by atoms with Gasteiger partial charge in [0, 0.05) is 55.3 Å². The van der Waals surface area contributed by atoms with Crippen molar-refractivity contribution in [2.45, 2.75) is 55.9 Å². The molecule has 0 N–H and O–H groups in total. The third kappa shape index (κ3) is 4.56. The second-order valence-corrected chi connectivity index (χ2v) is 11.5. The van der Waals surface area contributed by atoms with E-state index in [4.69, 9.17) is 4.74 Å². The number of carbonyl (C=O) groups excluding carboxylic acids is 2. The molecule has 6 rings (SSSR count). The van der Waals surface area contributed by atoms with Crippen LogP contribution in [0.3, 0.4) is 0 Å². The average Bonchev–Trinajstić information content (AvgIpc) is 3.61. The smallest absolute Gasteiger partial charge is 0.254 e. The summed E-state index contributed by atoms with van der Waals surface area (Å²) in [7, 11) is 3.69. The molecule has 0 bridgehead atoms. The van der Waals surface area contributed by atoms with E-state index in [1.54, 1.807) is 7.11 Å². The Kier molecular flexibility index (Phi) is 7.33. The molecular formula is C35H38N2O3.